The summed E-state index contributed by atoms with van der Waals surface area (Å²) >= 11 is 13.9. The number of nitrogens with zero attached hydrogens (tertiary/aromatic N) is 3. The zero-order valence-corrected chi connectivity index (χ0v) is 21.9. The third-order valence-corrected chi connectivity index (χ3v) is 6.82. The first kappa shape index (κ1) is 25.0. The van der Waals surface area contributed by atoms with Gasteiger partial charge in [-0.1, -0.05) is 41.0 Å². The molecule has 0 aliphatic carbocycles. The molecule has 0 bridgehead atoms. The molecule has 4 rings (SSSR count). The van der Waals surface area contributed by atoms with Gasteiger partial charge in [-0.05, 0) is 54.1 Å². The van der Waals surface area contributed by atoms with Crippen LogP contribution in [0.15, 0.2) is 59.8 Å². The van der Waals surface area contributed by atoms with Crippen LogP contribution in [0.2, 0.25) is 10.0 Å². The summed E-state index contributed by atoms with van der Waals surface area (Å²) in [5.41, 5.74) is 2.56. The van der Waals surface area contributed by atoms with Crippen LogP contribution in [0.4, 0.5) is 0 Å². The maximum absolute atomic E-state index is 6.39. The van der Waals surface area contributed by atoms with Crippen molar-refractivity contribution >= 4 is 35.0 Å². The maximum Gasteiger partial charge on any atom is 0.203 e. The lowest BCUT2D eigenvalue weighted by Gasteiger charge is -2.15. The Morgan fingerprint density at radius 2 is 1.49 bits per heavy atom. The Morgan fingerprint density at radius 3 is 2.06 bits per heavy atom. The summed E-state index contributed by atoms with van der Waals surface area (Å²) in [6, 6.07) is 16.8. The Morgan fingerprint density at radius 1 is 0.800 bits per heavy atom. The molecule has 0 atom stereocenters. The van der Waals surface area contributed by atoms with Crippen molar-refractivity contribution in [2.75, 3.05) is 28.4 Å². The van der Waals surface area contributed by atoms with Crippen LogP contribution in [0.1, 0.15) is 5.56 Å². The molecular formula is C25H23Cl2N3O4S. The lowest BCUT2D eigenvalue weighted by Crippen LogP contribution is -2.01. The van der Waals surface area contributed by atoms with E-state index in [1.165, 1.54) is 11.8 Å². The van der Waals surface area contributed by atoms with Gasteiger partial charge in [0.2, 0.25) is 5.75 Å². The molecule has 1 heterocycles. The summed E-state index contributed by atoms with van der Waals surface area (Å²) in [4.78, 5) is 0. The standard InChI is InChI=1S/C25H23Cl2N3O4S/c1-31-19-9-7-18(8-10-19)30-24(16-11-21(32-2)23(34-4)22(12-16)33-3)28-29-25(30)35-14-15-5-6-17(26)13-20(15)27/h5-13H,14H2,1-4H3. The molecule has 0 aliphatic rings. The number of ether oxygens (including phenoxy) is 4. The Labute approximate surface area is 217 Å². The molecule has 0 saturated heterocycles. The molecule has 4 aromatic rings. The monoisotopic (exact) mass is 531 g/mol. The van der Waals surface area contributed by atoms with Gasteiger partial charge < -0.3 is 18.9 Å². The fourth-order valence-corrected chi connectivity index (χ4v) is 5.02. The summed E-state index contributed by atoms with van der Waals surface area (Å²) < 4.78 is 23.8. The number of rotatable bonds is 9. The van der Waals surface area contributed by atoms with Crippen LogP contribution in [0.3, 0.4) is 0 Å². The maximum atomic E-state index is 6.39. The minimum Gasteiger partial charge on any atom is -0.497 e. The van der Waals surface area contributed by atoms with E-state index in [-0.39, 0.29) is 0 Å². The van der Waals surface area contributed by atoms with Gasteiger partial charge in [-0.2, -0.15) is 0 Å². The number of hydrogen-bond donors (Lipinski definition) is 0. The highest BCUT2D eigenvalue weighted by molar-refractivity contribution is 7.98. The number of benzene rings is 3. The van der Waals surface area contributed by atoms with E-state index in [9.17, 15) is 0 Å². The van der Waals surface area contributed by atoms with Gasteiger partial charge in [0, 0.05) is 27.0 Å². The summed E-state index contributed by atoms with van der Waals surface area (Å²) in [5.74, 6) is 3.49. The summed E-state index contributed by atoms with van der Waals surface area (Å²) in [5, 5.41) is 10.9. The second-order valence-electron chi connectivity index (χ2n) is 7.28. The van der Waals surface area contributed by atoms with Gasteiger partial charge in [0.05, 0.1) is 28.4 Å². The van der Waals surface area contributed by atoms with Crippen LogP contribution in [-0.2, 0) is 5.75 Å². The van der Waals surface area contributed by atoms with E-state index >= 15 is 0 Å². The second kappa shape index (κ2) is 11.1. The zero-order chi connectivity index (χ0) is 24.9. The van der Waals surface area contributed by atoms with Crippen molar-refractivity contribution in [2.45, 2.75) is 10.9 Å². The van der Waals surface area contributed by atoms with Crippen molar-refractivity contribution in [3.05, 3.63) is 70.2 Å². The lowest BCUT2D eigenvalue weighted by atomic mass is 10.1. The molecule has 7 nitrogen and oxygen atoms in total. The highest BCUT2D eigenvalue weighted by atomic mass is 35.5. The molecule has 0 aliphatic heterocycles. The van der Waals surface area contributed by atoms with Crippen molar-refractivity contribution in [2.24, 2.45) is 0 Å². The largest absolute Gasteiger partial charge is 0.497 e. The molecular weight excluding hydrogens is 509 g/mol. The first-order valence-electron chi connectivity index (χ1n) is 10.5. The molecule has 0 unspecified atom stereocenters. The highest BCUT2D eigenvalue weighted by Crippen LogP contribution is 2.42. The third kappa shape index (κ3) is 5.29. The van der Waals surface area contributed by atoms with Crippen LogP contribution < -0.4 is 18.9 Å². The minimum atomic E-state index is 0.501. The van der Waals surface area contributed by atoms with Gasteiger partial charge in [0.25, 0.3) is 0 Å². The van der Waals surface area contributed by atoms with Gasteiger partial charge in [0.15, 0.2) is 22.5 Å². The average Bonchev–Trinajstić information content (AvgIpc) is 3.31. The number of aromatic nitrogens is 3. The normalized spacial score (nSPS) is 10.8. The van der Waals surface area contributed by atoms with E-state index < -0.39 is 0 Å². The second-order valence-corrected chi connectivity index (χ2v) is 9.06. The molecule has 0 saturated carbocycles. The summed E-state index contributed by atoms with van der Waals surface area (Å²) in [6.07, 6.45) is 0. The highest BCUT2D eigenvalue weighted by Gasteiger charge is 2.21. The molecule has 0 radical (unpaired) electrons. The summed E-state index contributed by atoms with van der Waals surface area (Å²) in [7, 11) is 6.35. The summed E-state index contributed by atoms with van der Waals surface area (Å²) in [6.45, 7) is 0. The lowest BCUT2D eigenvalue weighted by molar-refractivity contribution is 0.324. The number of halogens is 2. The quantitative estimate of drug-likeness (QED) is 0.226. The van der Waals surface area contributed by atoms with E-state index in [0.29, 0.717) is 44.0 Å². The van der Waals surface area contributed by atoms with Crippen molar-refractivity contribution in [1.82, 2.24) is 14.8 Å². The molecule has 1 aromatic heterocycles. The van der Waals surface area contributed by atoms with E-state index in [4.69, 9.17) is 42.1 Å². The Kier molecular flexibility index (Phi) is 7.95. The molecule has 0 amide bonds. The molecule has 182 valence electrons. The number of thioether (sulfide) groups is 1. The van der Waals surface area contributed by atoms with Crippen molar-refractivity contribution in [1.29, 1.82) is 0 Å². The molecule has 0 fully saturated rings. The molecule has 10 heteroatoms. The van der Waals surface area contributed by atoms with Gasteiger partial charge in [-0.3, -0.25) is 4.57 Å². The van der Waals surface area contributed by atoms with Crippen molar-refractivity contribution in [3.63, 3.8) is 0 Å². The minimum absolute atomic E-state index is 0.501. The van der Waals surface area contributed by atoms with Crippen LogP contribution in [0.25, 0.3) is 17.1 Å². The molecule has 0 N–H and O–H groups in total. The number of methoxy groups -OCH3 is 4. The molecule has 3 aromatic carbocycles. The molecule has 0 spiro atoms. The predicted molar refractivity (Wildman–Crippen MR) is 139 cm³/mol. The van der Waals surface area contributed by atoms with Crippen LogP contribution in [0.5, 0.6) is 23.0 Å². The van der Waals surface area contributed by atoms with Gasteiger partial charge in [-0.15, -0.1) is 10.2 Å². The fraction of sp³-hybridized carbons (Fsp3) is 0.200. The van der Waals surface area contributed by atoms with Crippen LogP contribution in [-0.4, -0.2) is 43.2 Å². The topological polar surface area (TPSA) is 67.6 Å². The zero-order valence-electron chi connectivity index (χ0n) is 19.5. The Hall–Kier alpha value is -3.07. The third-order valence-electron chi connectivity index (χ3n) is 5.26. The first-order valence-corrected chi connectivity index (χ1v) is 12.2. The first-order chi connectivity index (χ1) is 17.0. The van der Waals surface area contributed by atoms with Crippen molar-refractivity contribution < 1.29 is 18.9 Å². The molecule has 35 heavy (non-hydrogen) atoms. The SMILES string of the molecule is COc1ccc(-n2c(SCc3ccc(Cl)cc3Cl)nnc2-c2cc(OC)c(OC)c(OC)c2)cc1. The Bertz CT molecular complexity index is 1300. The van der Waals surface area contributed by atoms with Crippen LogP contribution >= 0.6 is 35.0 Å². The van der Waals surface area contributed by atoms with Gasteiger partial charge in [0.1, 0.15) is 5.75 Å². The number of hydrogen-bond acceptors (Lipinski definition) is 7. The van der Waals surface area contributed by atoms with Gasteiger partial charge >= 0.3 is 0 Å². The Balaban J connectivity index is 1.81. The van der Waals surface area contributed by atoms with Crippen molar-refractivity contribution in [3.8, 4) is 40.1 Å². The predicted octanol–water partition coefficient (Wildman–Crippen LogP) is 6.57. The van der Waals surface area contributed by atoms with Crippen LogP contribution in [0, 0.1) is 0 Å². The smallest absolute Gasteiger partial charge is 0.203 e. The fourth-order valence-electron chi connectivity index (χ4n) is 3.51. The van der Waals surface area contributed by atoms with E-state index in [1.54, 1.807) is 34.5 Å². The van der Waals surface area contributed by atoms with E-state index in [0.717, 1.165) is 22.6 Å². The van der Waals surface area contributed by atoms with E-state index in [1.807, 2.05) is 53.1 Å². The van der Waals surface area contributed by atoms with Gasteiger partial charge in [-0.25, -0.2) is 0 Å². The average molecular weight is 532 g/mol. The van der Waals surface area contributed by atoms with E-state index in [2.05, 4.69) is 10.2 Å².